The number of nitrogens with zero attached hydrogens (tertiary/aromatic N) is 2. The summed E-state index contributed by atoms with van der Waals surface area (Å²) in [5, 5.41) is 17.1. The number of rotatable bonds is 5. The number of nitro benzene ring substituents is 1. The third-order valence-electron chi connectivity index (χ3n) is 3.60. The average Bonchev–Trinajstić information content (AvgIpc) is 2.77. The fourth-order valence-corrected chi connectivity index (χ4v) is 2.43. The number of hydrazine groups is 1. The first-order valence-corrected chi connectivity index (χ1v) is 7.66. The van der Waals surface area contributed by atoms with Gasteiger partial charge in [0.15, 0.2) is 5.11 Å². The van der Waals surface area contributed by atoms with Crippen LogP contribution in [0.25, 0.3) is 0 Å². The summed E-state index contributed by atoms with van der Waals surface area (Å²) in [5.41, 5.74) is 1.55. The lowest BCUT2D eigenvalue weighted by molar-refractivity contribution is -0.384. The number of urea groups is 1. The van der Waals surface area contributed by atoms with Crippen molar-refractivity contribution >= 4 is 35.0 Å². The minimum Gasteiger partial charge on any atom is -0.361 e. The van der Waals surface area contributed by atoms with Crippen molar-refractivity contribution in [3.05, 3.63) is 39.9 Å². The molecule has 128 valence electrons. The number of nitro groups is 1. The molecule has 0 saturated carbocycles. The number of benzene rings is 1. The lowest BCUT2D eigenvalue weighted by Gasteiger charge is -2.22. The maximum atomic E-state index is 12.6. The highest BCUT2D eigenvalue weighted by Gasteiger charge is 2.49. The quantitative estimate of drug-likeness (QED) is 0.315. The zero-order valence-corrected chi connectivity index (χ0v) is 14.0. The summed E-state index contributed by atoms with van der Waals surface area (Å²) < 4.78 is 0. The molecule has 24 heavy (non-hydrogen) atoms. The molecule has 0 bridgehead atoms. The molecule has 1 atom stereocenters. The van der Waals surface area contributed by atoms with Crippen LogP contribution in [0, 0.1) is 10.1 Å². The number of imide groups is 1. The monoisotopic (exact) mass is 351 g/mol. The molecule has 10 heteroatoms. The Morgan fingerprint density at radius 3 is 2.54 bits per heavy atom. The zero-order valence-electron chi connectivity index (χ0n) is 13.2. The molecule has 0 unspecified atom stereocenters. The fourth-order valence-electron chi connectivity index (χ4n) is 2.23. The molecule has 1 saturated heterocycles. The van der Waals surface area contributed by atoms with Crippen molar-refractivity contribution in [1.29, 1.82) is 0 Å². The van der Waals surface area contributed by atoms with E-state index in [0.29, 0.717) is 12.1 Å². The molecule has 0 aromatic heterocycles. The van der Waals surface area contributed by atoms with Gasteiger partial charge in [-0.25, -0.2) is 4.79 Å². The molecule has 2 rings (SSSR count). The molecule has 1 aromatic rings. The van der Waals surface area contributed by atoms with E-state index in [1.165, 1.54) is 31.2 Å². The second-order valence-electron chi connectivity index (χ2n) is 5.37. The molecule has 3 amide bonds. The Hall–Kier alpha value is -2.75. The first-order valence-electron chi connectivity index (χ1n) is 7.25. The largest absolute Gasteiger partial charge is 0.361 e. The number of carbonyl (C=O) groups excluding carboxylic acids is 2. The van der Waals surface area contributed by atoms with E-state index >= 15 is 0 Å². The Labute approximate surface area is 143 Å². The van der Waals surface area contributed by atoms with Crippen LogP contribution in [0.15, 0.2) is 24.3 Å². The second-order valence-corrected chi connectivity index (χ2v) is 5.78. The Bertz CT molecular complexity index is 693. The van der Waals surface area contributed by atoms with Crippen molar-refractivity contribution in [2.24, 2.45) is 0 Å². The van der Waals surface area contributed by atoms with E-state index in [1.54, 1.807) is 0 Å². The van der Waals surface area contributed by atoms with Crippen LogP contribution in [-0.2, 0) is 10.3 Å². The van der Waals surface area contributed by atoms with Gasteiger partial charge in [0.25, 0.3) is 11.6 Å². The number of carbonyl (C=O) groups is 2. The molecular weight excluding hydrogens is 334 g/mol. The summed E-state index contributed by atoms with van der Waals surface area (Å²) in [4.78, 5) is 34.9. The van der Waals surface area contributed by atoms with Crippen molar-refractivity contribution in [3.63, 3.8) is 0 Å². The maximum absolute atomic E-state index is 12.6. The highest BCUT2D eigenvalue weighted by atomic mass is 32.1. The fraction of sp³-hybridized carbons (Fsp3) is 0.357. The van der Waals surface area contributed by atoms with E-state index in [9.17, 15) is 19.7 Å². The van der Waals surface area contributed by atoms with Gasteiger partial charge in [0, 0.05) is 18.7 Å². The third-order valence-corrected chi connectivity index (χ3v) is 3.83. The molecule has 1 aliphatic rings. The van der Waals surface area contributed by atoms with Crippen LogP contribution in [-0.4, -0.2) is 33.5 Å². The predicted molar refractivity (Wildman–Crippen MR) is 89.9 cm³/mol. The summed E-state index contributed by atoms with van der Waals surface area (Å²) >= 11 is 5.03. The van der Waals surface area contributed by atoms with Crippen LogP contribution < -0.4 is 16.1 Å². The van der Waals surface area contributed by atoms with Crippen LogP contribution in [0.3, 0.4) is 0 Å². The predicted octanol–water partition coefficient (Wildman–Crippen LogP) is 1.15. The molecule has 0 aliphatic carbocycles. The molecule has 0 spiro atoms. The molecule has 1 aliphatic heterocycles. The first kappa shape index (κ1) is 17.6. The van der Waals surface area contributed by atoms with Crippen molar-refractivity contribution in [2.45, 2.75) is 25.8 Å². The summed E-state index contributed by atoms with van der Waals surface area (Å²) in [7, 11) is 0. The molecule has 1 heterocycles. The second kappa shape index (κ2) is 6.79. The molecule has 3 N–H and O–H groups in total. The van der Waals surface area contributed by atoms with Gasteiger partial charge in [-0.2, -0.15) is 5.01 Å². The molecular formula is C14H17N5O4S. The van der Waals surface area contributed by atoms with Crippen LogP contribution in [0.1, 0.15) is 25.8 Å². The van der Waals surface area contributed by atoms with Gasteiger partial charge in [-0.1, -0.05) is 6.92 Å². The number of amides is 3. The van der Waals surface area contributed by atoms with Gasteiger partial charge in [0.2, 0.25) is 0 Å². The smallest absolute Gasteiger partial charge is 0.344 e. The minimum atomic E-state index is -1.33. The van der Waals surface area contributed by atoms with Crippen LogP contribution in [0.4, 0.5) is 10.5 Å². The molecule has 9 nitrogen and oxygen atoms in total. The van der Waals surface area contributed by atoms with E-state index in [4.69, 9.17) is 12.2 Å². The number of hydrogen-bond acceptors (Lipinski definition) is 5. The van der Waals surface area contributed by atoms with Gasteiger partial charge in [-0.15, -0.1) is 0 Å². The van der Waals surface area contributed by atoms with Gasteiger partial charge >= 0.3 is 6.03 Å². The standard InChI is InChI=1S/C14H17N5O4S/c1-3-8-15-12(24)17-18-11(20)14(2,16-13(18)21)9-4-6-10(7-5-9)19(22)23/h4-7H,3,8H2,1-2H3,(H,16,21)(H2,15,17,24)/t14-/m0/s1. The van der Waals surface area contributed by atoms with E-state index in [0.717, 1.165) is 11.4 Å². The third kappa shape index (κ3) is 3.27. The number of thiocarbonyl (C=S) groups is 1. The summed E-state index contributed by atoms with van der Waals surface area (Å²) in [6, 6.07) is 4.79. The van der Waals surface area contributed by atoms with Crippen LogP contribution in [0.5, 0.6) is 0 Å². The maximum Gasteiger partial charge on any atom is 0.344 e. The lowest BCUT2D eigenvalue weighted by Crippen LogP contribution is -2.51. The van der Waals surface area contributed by atoms with Crippen molar-refractivity contribution < 1.29 is 14.5 Å². The van der Waals surface area contributed by atoms with E-state index in [1.807, 2.05) is 6.92 Å². The SMILES string of the molecule is CCCNC(=S)NN1C(=O)N[C@@](C)(c2ccc([N+](=O)[O-])cc2)C1=O. The molecule has 0 radical (unpaired) electrons. The van der Waals surface area contributed by atoms with Crippen LogP contribution >= 0.6 is 12.2 Å². The summed E-state index contributed by atoms with van der Waals surface area (Å²) in [6.45, 7) is 4.09. The van der Waals surface area contributed by atoms with E-state index in [2.05, 4.69) is 16.1 Å². The number of nitrogens with one attached hydrogen (secondary N) is 3. The van der Waals surface area contributed by atoms with E-state index < -0.39 is 22.4 Å². The zero-order chi connectivity index (χ0) is 17.9. The van der Waals surface area contributed by atoms with Crippen molar-refractivity contribution in [3.8, 4) is 0 Å². The highest BCUT2D eigenvalue weighted by Crippen LogP contribution is 2.29. The highest BCUT2D eigenvalue weighted by molar-refractivity contribution is 7.80. The lowest BCUT2D eigenvalue weighted by atomic mass is 9.92. The van der Waals surface area contributed by atoms with Gasteiger partial charge in [0.05, 0.1) is 4.92 Å². The van der Waals surface area contributed by atoms with Crippen molar-refractivity contribution in [1.82, 2.24) is 21.1 Å². The van der Waals surface area contributed by atoms with Gasteiger partial charge in [-0.3, -0.25) is 20.3 Å². The van der Waals surface area contributed by atoms with Gasteiger partial charge < -0.3 is 10.6 Å². The number of hydrogen-bond donors (Lipinski definition) is 3. The Morgan fingerprint density at radius 2 is 2.00 bits per heavy atom. The topological polar surface area (TPSA) is 117 Å². The van der Waals surface area contributed by atoms with Gasteiger partial charge in [-0.05, 0) is 43.3 Å². The number of non-ortho nitro benzene ring substituents is 1. The van der Waals surface area contributed by atoms with Crippen molar-refractivity contribution in [2.75, 3.05) is 6.54 Å². The first-order chi connectivity index (χ1) is 11.3. The summed E-state index contributed by atoms with van der Waals surface area (Å²) in [6.07, 6.45) is 0.836. The normalized spacial score (nSPS) is 19.8. The Balaban J connectivity index is 2.19. The minimum absolute atomic E-state index is 0.0981. The Morgan fingerprint density at radius 1 is 1.38 bits per heavy atom. The molecule has 1 aromatic carbocycles. The Kier molecular flexibility index (Phi) is 4.98. The van der Waals surface area contributed by atoms with E-state index in [-0.39, 0.29) is 10.8 Å². The molecule has 1 fully saturated rings. The average molecular weight is 351 g/mol. The summed E-state index contributed by atoms with van der Waals surface area (Å²) in [5.74, 6) is -0.554. The van der Waals surface area contributed by atoms with Gasteiger partial charge in [0.1, 0.15) is 5.54 Å². The van der Waals surface area contributed by atoms with Crippen LogP contribution in [0.2, 0.25) is 0 Å².